The zero-order chi connectivity index (χ0) is 9.26. The quantitative estimate of drug-likeness (QED) is 0.517. The molecule has 13 heavy (non-hydrogen) atoms. The Kier molecular flexibility index (Phi) is 1.81. The molecule has 0 spiro atoms. The molecule has 4 nitrogen and oxygen atoms in total. The fourth-order valence-electron chi connectivity index (χ4n) is 1.32. The lowest BCUT2D eigenvalue weighted by molar-refractivity contribution is 0.193. The number of anilines is 1. The number of nitrogens with two attached hydrogens (primary N) is 1. The summed E-state index contributed by atoms with van der Waals surface area (Å²) >= 11 is 0. The molecule has 68 valence electrons. The summed E-state index contributed by atoms with van der Waals surface area (Å²) in [4.78, 5) is 4.64. The Hall–Kier alpha value is -1.71. The van der Waals surface area contributed by atoms with Gasteiger partial charge >= 0.3 is 0 Å². The molecule has 1 aliphatic rings. The molecule has 0 saturated heterocycles. The highest BCUT2D eigenvalue weighted by Crippen LogP contribution is 2.22. The highest BCUT2D eigenvalue weighted by molar-refractivity contribution is 5.97. The van der Waals surface area contributed by atoms with E-state index in [1.165, 1.54) is 7.11 Å². The predicted molar refractivity (Wildman–Crippen MR) is 49.2 cm³/mol. The van der Waals surface area contributed by atoms with Crippen LogP contribution in [0.3, 0.4) is 0 Å². The molecule has 0 amide bonds. The largest absolute Gasteiger partial charge is 0.470 e. The highest BCUT2D eigenvalue weighted by atomic mass is 16.6. The smallest absolute Gasteiger partial charge is 0.258 e. The van der Waals surface area contributed by atoms with Crippen LogP contribution in [0.4, 0.5) is 5.69 Å². The highest BCUT2D eigenvalue weighted by Gasteiger charge is 2.19. The number of fused-ring (bicyclic) bond motifs is 1. The maximum atomic E-state index is 5.62. The molecule has 0 bridgehead atoms. The van der Waals surface area contributed by atoms with Gasteiger partial charge in [-0.1, -0.05) is 0 Å². The van der Waals surface area contributed by atoms with Crippen molar-refractivity contribution in [1.82, 2.24) is 0 Å². The lowest BCUT2D eigenvalue weighted by atomic mass is 10.1. The molecule has 0 aliphatic carbocycles. The Morgan fingerprint density at radius 1 is 1.54 bits per heavy atom. The van der Waals surface area contributed by atoms with Gasteiger partial charge < -0.3 is 15.3 Å². The number of hydrogen-bond donors (Lipinski definition) is 1. The van der Waals surface area contributed by atoms with Gasteiger partial charge in [0.15, 0.2) is 0 Å². The number of benzene rings is 1. The second-order valence-electron chi connectivity index (χ2n) is 2.78. The fourth-order valence-corrected chi connectivity index (χ4v) is 1.32. The first-order valence-electron chi connectivity index (χ1n) is 3.94. The van der Waals surface area contributed by atoms with Crippen molar-refractivity contribution in [3.05, 3.63) is 29.3 Å². The molecule has 0 atom stereocenters. The molecule has 2 N–H and O–H groups in total. The van der Waals surface area contributed by atoms with Crippen LogP contribution in [0.25, 0.3) is 0 Å². The van der Waals surface area contributed by atoms with Crippen LogP contribution in [-0.2, 0) is 16.2 Å². The average Bonchev–Trinajstić information content (AvgIpc) is 2.49. The summed E-state index contributed by atoms with van der Waals surface area (Å²) < 4.78 is 5.29. The second-order valence-corrected chi connectivity index (χ2v) is 2.78. The SMILES string of the molecule is CO/N=C1\OCc2cc(N)ccc21. The van der Waals surface area contributed by atoms with E-state index >= 15 is 0 Å². The van der Waals surface area contributed by atoms with Gasteiger partial charge in [0.25, 0.3) is 5.90 Å². The number of oxime groups is 1. The summed E-state index contributed by atoms with van der Waals surface area (Å²) in [5, 5.41) is 3.75. The topological polar surface area (TPSA) is 56.8 Å². The molecule has 0 saturated carbocycles. The lowest BCUT2D eigenvalue weighted by Gasteiger charge is -1.97. The van der Waals surface area contributed by atoms with E-state index in [1.807, 2.05) is 18.2 Å². The van der Waals surface area contributed by atoms with E-state index in [1.54, 1.807) is 0 Å². The van der Waals surface area contributed by atoms with Crippen LogP contribution >= 0.6 is 0 Å². The number of ether oxygens (including phenoxy) is 1. The molecular weight excluding hydrogens is 168 g/mol. The first-order valence-corrected chi connectivity index (χ1v) is 3.94. The number of hydrogen-bond acceptors (Lipinski definition) is 4. The van der Waals surface area contributed by atoms with Gasteiger partial charge in [-0.25, -0.2) is 0 Å². The molecule has 2 rings (SSSR count). The first-order chi connectivity index (χ1) is 6.31. The fraction of sp³-hybridized carbons (Fsp3) is 0.222. The number of nitrogen functional groups attached to an aromatic ring is 1. The van der Waals surface area contributed by atoms with Crippen LogP contribution in [-0.4, -0.2) is 13.0 Å². The number of rotatable bonds is 1. The van der Waals surface area contributed by atoms with Gasteiger partial charge in [0.05, 0.1) is 0 Å². The van der Waals surface area contributed by atoms with Crippen molar-refractivity contribution in [2.75, 3.05) is 12.8 Å². The summed E-state index contributed by atoms with van der Waals surface area (Å²) in [5.41, 5.74) is 8.37. The monoisotopic (exact) mass is 178 g/mol. The Balaban J connectivity index is 2.44. The summed E-state index contributed by atoms with van der Waals surface area (Å²) in [6.45, 7) is 0.516. The van der Waals surface area contributed by atoms with E-state index in [0.29, 0.717) is 12.5 Å². The van der Waals surface area contributed by atoms with Gasteiger partial charge in [-0.05, 0) is 23.4 Å². The summed E-state index contributed by atoms with van der Waals surface area (Å²) in [6.07, 6.45) is 0. The summed E-state index contributed by atoms with van der Waals surface area (Å²) in [5.74, 6) is 0.525. The molecular formula is C9H10N2O2. The van der Waals surface area contributed by atoms with Crippen molar-refractivity contribution >= 4 is 11.6 Å². The van der Waals surface area contributed by atoms with Crippen molar-refractivity contribution in [2.45, 2.75) is 6.61 Å². The third-order valence-electron chi connectivity index (χ3n) is 1.90. The van der Waals surface area contributed by atoms with Gasteiger partial charge in [0.2, 0.25) is 0 Å². The van der Waals surface area contributed by atoms with Crippen LogP contribution in [0.1, 0.15) is 11.1 Å². The minimum Gasteiger partial charge on any atom is -0.470 e. The minimum atomic E-state index is 0.516. The molecule has 0 fully saturated rings. The van der Waals surface area contributed by atoms with Crippen LogP contribution in [0, 0.1) is 0 Å². The molecule has 1 aromatic rings. The molecule has 1 aliphatic heterocycles. The Morgan fingerprint density at radius 2 is 2.38 bits per heavy atom. The van der Waals surface area contributed by atoms with E-state index < -0.39 is 0 Å². The third-order valence-corrected chi connectivity index (χ3v) is 1.90. The van der Waals surface area contributed by atoms with Crippen molar-refractivity contribution in [2.24, 2.45) is 5.16 Å². The molecule has 0 aromatic heterocycles. The molecule has 1 heterocycles. The maximum absolute atomic E-state index is 5.62. The lowest BCUT2D eigenvalue weighted by Crippen LogP contribution is -1.97. The average molecular weight is 178 g/mol. The summed E-state index contributed by atoms with van der Waals surface area (Å²) in [7, 11) is 1.49. The Morgan fingerprint density at radius 3 is 3.15 bits per heavy atom. The third kappa shape index (κ3) is 1.30. The Labute approximate surface area is 75.9 Å². The van der Waals surface area contributed by atoms with E-state index in [4.69, 9.17) is 10.5 Å². The Bertz CT molecular complexity index is 361. The van der Waals surface area contributed by atoms with Crippen molar-refractivity contribution in [3.8, 4) is 0 Å². The van der Waals surface area contributed by atoms with Gasteiger partial charge in [0, 0.05) is 16.8 Å². The van der Waals surface area contributed by atoms with Gasteiger partial charge in [0.1, 0.15) is 13.7 Å². The normalized spacial score (nSPS) is 16.8. The maximum Gasteiger partial charge on any atom is 0.258 e. The van der Waals surface area contributed by atoms with E-state index in [0.717, 1.165) is 16.8 Å². The minimum absolute atomic E-state index is 0.516. The molecule has 0 radical (unpaired) electrons. The van der Waals surface area contributed by atoms with Gasteiger partial charge in [-0.2, -0.15) is 0 Å². The summed E-state index contributed by atoms with van der Waals surface area (Å²) in [6, 6.07) is 5.59. The van der Waals surface area contributed by atoms with Crippen LogP contribution in [0.2, 0.25) is 0 Å². The molecule has 4 heteroatoms. The molecule has 0 unspecified atom stereocenters. The zero-order valence-electron chi connectivity index (χ0n) is 7.28. The van der Waals surface area contributed by atoms with Gasteiger partial charge in [-0.3, -0.25) is 0 Å². The van der Waals surface area contributed by atoms with Crippen LogP contribution in [0.15, 0.2) is 23.4 Å². The zero-order valence-corrected chi connectivity index (χ0v) is 7.28. The number of nitrogens with zero attached hydrogens (tertiary/aromatic N) is 1. The van der Waals surface area contributed by atoms with Crippen LogP contribution in [0.5, 0.6) is 0 Å². The van der Waals surface area contributed by atoms with Crippen LogP contribution < -0.4 is 5.73 Å². The van der Waals surface area contributed by atoms with Gasteiger partial charge in [-0.15, -0.1) is 0 Å². The second kappa shape index (κ2) is 2.97. The standard InChI is InChI=1S/C9H10N2O2/c1-12-11-9-8-3-2-7(10)4-6(8)5-13-9/h2-4H,5,10H2,1H3/b11-9-. The van der Waals surface area contributed by atoms with E-state index in [2.05, 4.69) is 9.99 Å². The van der Waals surface area contributed by atoms with E-state index in [-0.39, 0.29) is 0 Å². The van der Waals surface area contributed by atoms with Crippen molar-refractivity contribution in [1.29, 1.82) is 0 Å². The van der Waals surface area contributed by atoms with Crippen molar-refractivity contribution < 1.29 is 9.57 Å². The van der Waals surface area contributed by atoms with Crippen molar-refractivity contribution in [3.63, 3.8) is 0 Å². The molecule has 1 aromatic carbocycles. The first kappa shape index (κ1) is 7.91. The van der Waals surface area contributed by atoms with E-state index in [9.17, 15) is 0 Å². The predicted octanol–water partition coefficient (Wildman–Crippen LogP) is 1.11.